The molecule has 2 aromatic rings. The number of halogens is 4. The highest BCUT2D eigenvalue weighted by Gasteiger charge is 2.16. The van der Waals surface area contributed by atoms with Gasteiger partial charge >= 0.3 is 0 Å². The van der Waals surface area contributed by atoms with E-state index in [1.165, 1.54) is 18.2 Å². The summed E-state index contributed by atoms with van der Waals surface area (Å²) in [6.07, 6.45) is 0. The van der Waals surface area contributed by atoms with Gasteiger partial charge in [0.25, 0.3) is 5.91 Å². The molecule has 4 nitrogen and oxygen atoms in total. The van der Waals surface area contributed by atoms with Crippen LogP contribution in [-0.4, -0.2) is 10.9 Å². The van der Waals surface area contributed by atoms with Crippen molar-refractivity contribution in [2.45, 2.75) is 0 Å². The second-order valence-electron chi connectivity index (χ2n) is 3.77. The zero-order valence-corrected chi connectivity index (χ0v) is 12.9. The van der Waals surface area contributed by atoms with Crippen LogP contribution < -0.4 is 11.1 Å². The van der Waals surface area contributed by atoms with E-state index in [9.17, 15) is 9.18 Å². The fraction of sp³-hybridized carbons (Fsp3) is 0. The van der Waals surface area contributed by atoms with Crippen molar-refractivity contribution in [3.63, 3.8) is 0 Å². The molecule has 0 bridgehead atoms. The van der Waals surface area contributed by atoms with E-state index in [4.69, 9.17) is 28.9 Å². The van der Waals surface area contributed by atoms with Gasteiger partial charge in [0, 0.05) is 4.47 Å². The topological polar surface area (TPSA) is 68.0 Å². The summed E-state index contributed by atoms with van der Waals surface area (Å²) in [7, 11) is 0. The van der Waals surface area contributed by atoms with Gasteiger partial charge in [-0.1, -0.05) is 23.2 Å². The molecule has 1 aromatic carbocycles. The molecule has 0 saturated carbocycles. The summed E-state index contributed by atoms with van der Waals surface area (Å²) in [5.74, 6) is -0.972. The number of nitrogens with one attached hydrogen (secondary N) is 1. The van der Waals surface area contributed by atoms with Gasteiger partial charge in [-0.3, -0.25) is 4.79 Å². The van der Waals surface area contributed by atoms with Crippen LogP contribution in [0.25, 0.3) is 0 Å². The summed E-state index contributed by atoms with van der Waals surface area (Å²) in [4.78, 5) is 15.9. The van der Waals surface area contributed by atoms with E-state index < -0.39 is 11.7 Å². The van der Waals surface area contributed by atoms with Gasteiger partial charge in [-0.25, -0.2) is 9.37 Å². The number of carbonyl (C=O) groups excluding carboxylic acids is 1. The first-order chi connectivity index (χ1) is 9.38. The van der Waals surface area contributed by atoms with E-state index in [2.05, 4.69) is 26.2 Å². The van der Waals surface area contributed by atoms with E-state index in [0.717, 1.165) is 6.07 Å². The number of pyridine rings is 1. The molecule has 0 unspecified atom stereocenters. The smallest absolute Gasteiger partial charge is 0.275 e. The van der Waals surface area contributed by atoms with Crippen molar-refractivity contribution in [3.05, 3.63) is 50.3 Å². The van der Waals surface area contributed by atoms with Crippen LogP contribution in [0.2, 0.25) is 10.0 Å². The van der Waals surface area contributed by atoms with Crippen LogP contribution in [0.3, 0.4) is 0 Å². The van der Waals surface area contributed by atoms with Crippen molar-refractivity contribution in [2.75, 3.05) is 11.1 Å². The summed E-state index contributed by atoms with van der Waals surface area (Å²) in [5, 5.41) is 2.69. The SMILES string of the molecule is Nc1ccc(Cl)c(C(=O)Nc2c(Cl)cc(F)cc2Br)n1. The minimum Gasteiger partial charge on any atom is -0.384 e. The van der Waals surface area contributed by atoms with Gasteiger partial charge in [0.15, 0.2) is 0 Å². The number of hydrogen-bond donors (Lipinski definition) is 2. The fourth-order valence-corrected chi connectivity index (χ4v) is 2.54. The average molecular weight is 379 g/mol. The van der Waals surface area contributed by atoms with Crippen LogP contribution in [-0.2, 0) is 0 Å². The largest absolute Gasteiger partial charge is 0.384 e. The van der Waals surface area contributed by atoms with E-state index in [0.29, 0.717) is 4.47 Å². The standard InChI is InChI=1S/C12H7BrCl2FN3O/c13-6-3-5(16)4-8(15)10(6)19-12(20)11-7(14)1-2-9(17)18-11/h1-4H,(H2,17,18)(H,19,20). The van der Waals surface area contributed by atoms with Crippen molar-refractivity contribution in [3.8, 4) is 0 Å². The average Bonchev–Trinajstić information content (AvgIpc) is 2.36. The van der Waals surface area contributed by atoms with Gasteiger partial charge in [-0.15, -0.1) is 0 Å². The fourth-order valence-electron chi connectivity index (χ4n) is 1.45. The second kappa shape index (κ2) is 5.95. The number of nitrogens with zero attached hydrogens (tertiary/aromatic N) is 1. The Hall–Kier alpha value is -1.37. The zero-order valence-electron chi connectivity index (χ0n) is 9.75. The Morgan fingerprint density at radius 1 is 1.30 bits per heavy atom. The summed E-state index contributed by atoms with van der Waals surface area (Å²) < 4.78 is 13.4. The molecule has 3 N–H and O–H groups in total. The highest BCUT2D eigenvalue weighted by molar-refractivity contribution is 9.10. The van der Waals surface area contributed by atoms with Gasteiger partial charge in [-0.05, 0) is 40.2 Å². The number of anilines is 2. The molecule has 0 aliphatic rings. The zero-order chi connectivity index (χ0) is 14.9. The monoisotopic (exact) mass is 377 g/mol. The minimum atomic E-state index is -0.600. The molecule has 2 rings (SSSR count). The Morgan fingerprint density at radius 3 is 2.65 bits per heavy atom. The van der Waals surface area contributed by atoms with Crippen LogP contribution in [0.15, 0.2) is 28.7 Å². The number of carbonyl (C=O) groups is 1. The lowest BCUT2D eigenvalue weighted by molar-refractivity contribution is 0.102. The van der Waals surface area contributed by atoms with Crippen molar-refractivity contribution in [1.29, 1.82) is 0 Å². The number of hydrogen-bond acceptors (Lipinski definition) is 3. The van der Waals surface area contributed by atoms with E-state index in [1.54, 1.807) is 0 Å². The van der Waals surface area contributed by atoms with Crippen LogP contribution in [0.5, 0.6) is 0 Å². The predicted molar refractivity (Wildman–Crippen MR) is 80.7 cm³/mol. The van der Waals surface area contributed by atoms with Gasteiger partial charge in [0.05, 0.1) is 15.7 Å². The number of nitrogen functional groups attached to an aromatic ring is 1. The lowest BCUT2D eigenvalue weighted by Gasteiger charge is -2.10. The lowest BCUT2D eigenvalue weighted by atomic mass is 10.2. The molecule has 0 aliphatic carbocycles. The molecule has 0 radical (unpaired) electrons. The lowest BCUT2D eigenvalue weighted by Crippen LogP contribution is -2.15. The van der Waals surface area contributed by atoms with Crippen molar-refractivity contribution < 1.29 is 9.18 Å². The molecule has 0 atom stereocenters. The molecule has 1 amide bonds. The Labute approximate surface area is 132 Å². The summed E-state index contributed by atoms with van der Waals surface area (Å²) >= 11 is 14.9. The molecular weight excluding hydrogens is 372 g/mol. The first kappa shape index (κ1) is 15.0. The number of benzene rings is 1. The van der Waals surface area contributed by atoms with Crippen molar-refractivity contribution >= 4 is 56.5 Å². The molecule has 0 saturated heterocycles. The van der Waals surface area contributed by atoms with Crippen molar-refractivity contribution in [2.24, 2.45) is 0 Å². The Morgan fingerprint density at radius 2 is 2.00 bits per heavy atom. The Bertz CT molecular complexity index is 673. The first-order valence-corrected chi connectivity index (χ1v) is 6.81. The second-order valence-corrected chi connectivity index (χ2v) is 5.43. The highest BCUT2D eigenvalue weighted by atomic mass is 79.9. The van der Waals surface area contributed by atoms with Gasteiger partial charge < -0.3 is 11.1 Å². The normalized spacial score (nSPS) is 10.4. The molecule has 0 aliphatic heterocycles. The number of nitrogens with two attached hydrogens (primary N) is 1. The van der Waals surface area contributed by atoms with Gasteiger partial charge in [0.2, 0.25) is 0 Å². The van der Waals surface area contributed by atoms with E-state index in [1.807, 2.05) is 0 Å². The molecule has 1 heterocycles. The van der Waals surface area contributed by atoms with Gasteiger partial charge in [-0.2, -0.15) is 0 Å². The van der Waals surface area contributed by atoms with Crippen LogP contribution in [0, 0.1) is 5.82 Å². The summed E-state index contributed by atoms with van der Waals surface area (Å²) in [6.45, 7) is 0. The number of aromatic nitrogens is 1. The number of rotatable bonds is 2. The third-order valence-electron chi connectivity index (χ3n) is 2.33. The van der Waals surface area contributed by atoms with Gasteiger partial charge in [0.1, 0.15) is 17.3 Å². The maximum absolute atomic E-state index is 13.1. The predicted octanol–water partition coefficient (Wildman–Crippen LogP) is 4.12. The first-order valence-electron chi connectivity index (χ1n) is 5.26. The van der Waals surface area contributed by atoms with E-state index >= 15 is 0 Å². The molecule has 1 aromatic heterocycles. The third kappa shape index (κ3) is 3.20. The quantitative estimate of drug-likeness (QED) is 0.825. The van der Waals surface area contributed by atoms with Crippen LogP contribution in [0.1, 0.15) is 10.5 Å². The molecular formula is C12H7BrCl2FN3O. The minimum absolute atomic E-state index is 0.0426. The van der Waals surface area contributed by atoms with E-state index in [-0.39, 0.29) is 27.2 Å². The third-order valence-corrected chi connectivity index (χ3v) is 3.56. The summed E-state index contributed by atoms with van der Waals surface area (Å²) in [6, 6.07) is 5.19. The molecule has 20 heavy (non-hydrogen) atoms. The Balaban J connectivity index is 2.35. The van der Waals surface area contributed by atoms with Crippen LogP contribution >= 0.6 is 39.1 Å². The maximum atomic E-state index is 13.1. The number of amides is 1. The molecule has 0 fully saturated rings. The molecule has 104 valence electrons. The highest BCUT2D eigenvalue weighted by Crippen LogP contribution is 2.32. The van der Waals surface area contributed by atoms with Crippen molar-refractivity contribution in [1.82, 2.24) is 4.98 Å². The maximum Gasteiger partial charge on any atom is 0.275 e. The van der Waals surface area contributed by atoms with Crippen LogP contribution in [0.4, 0.5) is 15.9 Å². The molecule has 0 spiro atoms. The summed E-state index contributed by atoms with van der Waals surface area (Å²) in [5.41, 5.74) is 5.68. The molecule has 8 heteroatoms. The Kier molecular flexibility index (Phi) is 4.47.